The van der Waals surface area contributed by atoms with Crippen LogP contribution in [0.3, 0.4) is 0 Å². The fourth-order valence-corrected chi connectivity index (χ4v) is 9.83. The number of carbonyl (C=O) groups excluding carboxylic acids is 4. The molecule has 4 aromatic rings. The summed E-state index contributed by atoms with van der Waals surface area (Å²) in [4.78, 5) is 53.1. The Balaban J connectivity index is 0.000000205. The Labute approximate surface area is 377 Å². The summed E-state index contributed by atoms with van der Waals surface area (Å²) in [6.07, 6.45) is 4.27. The van der Waals surface area contributed by atoms with Crippen molar-refractivity contribution in [2.75, 3.05) is 13.2 Å². The molecule has 0 spiro atoms. The van der Waals surface area contributed by atoms with E-state index in [0.29, 0.717) is 24.1 Å². The summed E-state index contributed by atoms with van der Waals surface area (Å²) in [7, 11) is 0. The van der Waals surface area contributed by atoms with E-state index in [4.69, 9.17) is 9.47 Å². The number of benzene rings is 4. The lowest BCUT2D eigenvalue weighted by Crippen LogP contribution is -2.61. The van der Waals surface area contributed by atoms with Crippen LogP contribution in [-0.2, 0) is 41.5 Å². The second-order valence-electron chi connectivity index (χ2n) is 16.4. The Hall–Kier alpha value is -6.16. The Morgan fingerprint density at radius 1 is 0.688 bits per heavy atom. The van der Waals surface area contributed by atoms with Gasteiger partial charge in [0, 0.05) is 5.92 Å². The number of Topliss-reactive ketones (excluding diaryl/α,β-unsaturated/α-hetero) is 1. The van der Waals surface area contributed by atoms with Gasteiger partial charge in [-0.1, -0.05) is 144 Å². The topological polar surface area (TPSA) is 130 Å². The van der Waals surface area contributed by atoms with E-state index in [9.17, 15) is 29.4 Å². The number of esters is 2. The highest BCUT2D eigenvalue weighted by Gasteiger charge is 2.59. The first-order valence-corrected chi connectivity index (χ1v) is 22.6. The van der Waals surface area contributed by atoms with Gasteiger partial charge in [0.2, 0.25) is 5.91 Å². The first kappa shape index (κ1) is 47.3. The van der Waals surface area contributed by atoms with Gasteiger partial charge >= 0.3 is 11.9 Å². The van der Waals surface area contributed by atoms with Crippen molar-refractivity contribution in [1.82, 2.24) is 4.90 Å². The number of ether oxygens (including phenoxy) is 2. The number of amides is 1. The molecule has 2 N–H and O–H groups in total. The maximum atomic E-state index is 13.0. The number of aliphatic hydroxyl groups excluding tert-OH is 2. The summed E-state index contributed by atoms with van der Waals surface area (Å²) in [6.45, 7) is 18.8. The maximum absolute atomic E-state index is 13.0. The highest BCUT2D eigenvalue weighted by molar-refractivity contribution is 6.10. The Kier molecular flexibility index (Phi) is 15.5. The standard InChI is InChI=1S/C27H28O4.C26H27NO4.C2H6/c1-4-13-31-27(30)25-21(15-22-23(16(3)28)26(29)24(22)25)20-14-19(12-11-17(20)5-2)18-9-7-6-8-10-18;1-4-13-31-26(30)24-21(15-22-23(16(3)28)25(29)27(22)24)20-12-11-19(14-17(20)5-2)18-9-7-6-8-10-18;1-2/h4,6-12,14,16,22-24,28H,1,5,13,15H2,2-3H3;4,6-12,14,16,22-23,28H,1,5,13,15H2,2-3H3;1-2H3. The van der Waals surface area contributed by atoms with Crippen LogP contribution in [0.1, 0.15) is 76.6 Å². The zero-order valence-corrected chi connectivity index (χ0v) is 37.9. The summed E-state index contributed by atoms with van der Waals surface area (Å²) >= 11 is 0. The number of hydrogen-bond donors (Lipinski definition) is 2. The number of fused-ring (bicyclic) bond motifs is 2. The van der Waals surface area contributed by atoms with Gasteiger partial charge in [0.1, 0.15) is 24.7 Å². The van der Waals surface area contributed by atoms with Crippen molar-refractivity contribution in [3.63, 3.8) is 0 Å². The number of β-lactam (4-membered cyclic amide) rings is 1. The first-order valence-electron chi connectivity index (χ1n) is 22.6. The van der Waals surface area contributed by atoms with Gasteiger partial charge in [-0.25, -0.2) is 9.59 Å². The first-order chi connectivity index (χ1) is 30.9. The summed E-state index contributed by atoms with van der Waals surface area (Å²) < 4.78 is 10.7. The van der Waals surface area contributed by atoms with Crippen LogP contribution in [-0.4, -0.2) is 70.2 Å². The molecular formula is C55H61NO8. The van der Waals surface area contributed by atoms with Crippen LogP contribution < -0.4 is 0 Å². The Morgan fingerprint density at radius 3 is 1.78 bits per heavy atom. The molecule has 334 valence electrons. The van der Waals surface area contributed by atoms with Gasteiger partial charge in [0.25, 0.3) is 0 Å². The highest BCUT2D eigenvalue weighted by atomic mass is 16.5. The van der Waals surface area contributed by atoms with Gasteiger partial charge in [-0.2, -0.15) is 0 Å². The molecular weight excluding hydrogens is 803 g/mol. The second-order valence-corrected chi connectivity index (χ2v) is 16.4. The number of aliphatic hydroxyl groups is 2. The predicted octanol–water partition coefficient (Wildman–Crippen LogP) is 9.61. The van der Waals surface area contributed by atoms with E-state index in [-0.39, 0.29) is 36.9 Å². The van der Waals surface area contributed by atoms with Crippen LogP contribution in [0.25, 0.3) is 33.4 Å². The Bertz CT molecular complexity index is 2450. The average molecular weight is 864 g/mol. The van der Waals surface area contributed by atoms with Crippen molar-refractivity contribution in [2.45, 2.75) is 85.5 Å². The van der Waals surface area contributed by atoms with E-state index in [1.54, 1.807) is 13.8 Å². The fraction of sp³-hybridized carbons (Fsp3) is 0.345. The SMILES string of the molecule is C=CCOC(=O)C1=C(c2cc(-c3ccccc3)ccc2CC)CC2C1C(=O)C2C(C)O.C=CCOC(=O)C1=C(c2ccc(-c3ccccc3)cc2CC)CC2C(C(C)O)C(=O)N12.CC. The molecule has 8 rings (SSSR count). The van der Waals surface area contributed by atoms with Crippen molar-refractivity contribution in [1.29, 1.82) is 0 Å². The third-order valence-corrected chi connectivity index (χ3v) is 12.8. The van der Waals surface area contributed by atoms with E-state index in [1.165, 1.54) is 17.1 Å². The van der Waals surface area contributed by atoms with Gasteiger partial charge in [-0.15, -0.1) is 0 Å². The highest BCUT2D eigenvalue weighted by Crippen LogP contribution is 2.56. The fourth-order valence-electron chi connectivity index (χ4n) is 9.83. The van der Waals surface area contributed by atoms with E-state index in [2.05, 4.69) is 75.5 Å². The molecule has 0 radical (unpaired) electrons. The molecule has 4 aromatic carbocycles. The van der Waals surface area contributed by atoms with Crippen molar-refractivity contribution >= 4 is 34.8 Å². The summed E-state index contributed by atoms with van der Waals surface area (Å²) in [6, 6.07) is 32.6. The molecule has 4 aliphatic rings. The normalized spacial score (nSPS) is 21.4. The lowest BCUT2D eigenvalue weighted by atomic mass is 9.61. The molecule has 2 fully saturated rings. The molecule has 7 unspecified atom stereocenters. The average Bonchev–Trinajstić information content (AvgIpc) is 3.84. The van der Waals surface area contributed by atoms with Gasteiger partial charge < -0.3 is 24.6 Å². The summed E-state index contributed by atoms with van der Waals surface area (Å²) in [5, 5.41) is 20.2. The van der Waals surface area contributed by atoms with Gasteiger partial charge in [-0.05, 0) is 107 Å². The van der Waals surface area contributed by atoms with Gasteiger partial charge in [0.05, 0.1) is 35.7 Å². The zero-order chi connectivity index (χ0) is 46.2. The van der Waals surface area contributed by atoms with Crippen molar-refractivity contribution in [3.8, 4) is 22.3 Å². The monoisotopic (exact) mass is 863 g/mol. The van der Waals surface area contributed by atoms with Crippen LogP contribution in [0.15, 0.2) is 134 Å². The van der Waals surface area contributed by atoms with E-state index in [0.717, 1.165) is 68.5 Å². The minimum absolute atomic E-state index is 0.0566. The number of nitrogens with zero attached hydrogens (tertiary/aromatic N) is 1. The molecule has 2 heterocycles. The predicted molar refractivity (Wildman–Crippen MR) is 252 cm³/mol. The molecule has 2 aliphatic heterocycles. The largest absolute Gasteiger partial charge is 0.458 e. The van der Waals surface area contributed by atoms with Crippen molar-refractivity contribution < 1.29 is 38.9 Å². The third kappa shape index (κ3) is 9.10. The van der Waals surface area contributed by atoms with Gasteiger partial charge in [0.15, 0.2) is 0 Å². The van der Waals surface area contributed by atoms with Crippen LogP contribution in [0.2, 0.25) is 0 Å². The minimum atomic E-state index is -0.760. The lowest BCUT2D eigenvalue weighted by Gasteiger charge is -2.44. The third-order valence-electron chi connectivity index (χ3n) is 12.8. The summed E-state index contributed by atoms with van der Waals surface area (Å²) in [5.41, 5.74) is 11.1. The summed E-state index contributed by atoms with van der Waals surface area (Å²) in [5.74, 6) is -2.72. The molecule has 0 aromatic heterocycles. The smallest absolute Gasteiger partial charge is 0.355 e. The molecule has 1 saturated heterocycles. The molecule has 1 saturated carbocycles. The van der Waals surface area contributed by atoms with Crippen LogP contribution in [0.5, 0.6) is 0 Å². The molecule has 9 heteroatoms. The van der Waals surface area contributed by atoms with Gasteiger partial charge in [-0.3, -0.25) is 9.59 Å². The molecule has 2 aliphatic carbocycles. The molecule has 1 amide bonds. The zero-order valence-electron chi connectivity index (χ0n) is 37.9. The molecule has 64 heavy (non-hydrogen) atoms. The number of aryl methyl sites for hydroxylation is 2. The maximum Gasteiger partial charge on any atom is 0.355 e. The lowest BCUT2D eigenvalue weighted by molar-refractivity contribution is -0.162. The molecule has 0 bridgehead atoms. The number of carbonyl (C=O) groups is 4. The van der Waals surface area contributed by atoms with Crippen LogP contribution >= 0.6 is 0 Å². The van der Waals surface area contributed by atoms with E-state index >= 15 is 0 Å². The second kappa shape index (κ2) is 21.0. The molecule has 7 atom stereocenters. The van der Waals surface area contributed by atoms with Crippen LogP contribution in [0, 0.1) is 23.7 Å². The van der Waals surface area contributed by atoms with E-state index in [1.807, 2.05) is 62.4 Å². The van der Waals surface area contributed by atoms with Crippen LogP contribution in [0.4, 0.5) is 0 Å². The number of rotatable bonds is 14. The number of hydrogen-bond acceptors (Lipinski definition) is 8. The van der Waals surface area contributed by atoms with Crippen molar-refractivity contribution in [2.24, 2.45) is 23.7 Å². The number of allylic oxidation sites excluding steroid dienone is 1. The molecule has 9 nitrogen and oxygen atoms in total. The minimum Gasteiger partial charge on any atom is -0.458 e. The van der Waals surface area contributed by atoms with Crippen molar-refractivity contribution in [3.05, 3.63) is 156 Å². The quantitative estimate of drug-likeness (QED) is 0.0729. The van der Waals surface area contributed by atoms with E-state index < -0.39 is 41.9 Å². The Morgan fingerprint density at radius 2 is 1.23 bits per heavy atom. The number of ketones is 1.